The molecule has 174 valence electrons. The molecule has 1 amide bonds. The maximum atomic E-state index is 12.6. The molecule has 2 aromatic carbocycles. The number of benzene rings is 2. The molecule has 0 aromatic heterocycles. The van der Waals surface area contributed by atoms with Gasteiger partial charge in [0.2, 0.25) is 0 Å². The van der Waals surface area contributed by atoms with Gasteiger partial charge in [0.05, 0.1) is 18.8 Å². The van der Waals surface area contributed by atoms with Crippen molar-refractivity contribution in [2.75, 3.05) is 7.11 Å². The van der Waals surface area contributed by atoms with E-state index in [4.69, 9.17) is 14.2 Å². The Labute approximate surface area is 184 Å². The second-order valence-corrected chi connectivity index (χ2v) is 7.35. The highest BCUT2D eigenvalue weighted by molar-refractivity contribution is 5.75. The lowest BCUT2D eigenvalue weighted by Crippen LogP contribution is -2.30. The average molecular weight is 453 g/mol. The molecule has 0 saturated heterocycles. The summed E-state index contributed by atoms with van der Waals surface area (Å²) >= 11 is 0. The van der Waals surface area contributed by atoms with Crippen LogP contribution in [0.3, 0.4) is 0 Å². The number of hydrogen-bond acceptors (Lipinski definition) is 5. The first-order valence-electron chi connectivity index (χ1n) is 9.96. The number of alkyl carbamates (subject to hydrolysis) is 1. The lowest BCUT2D eigenvalue weighted by molar-refractivity contribution is -0.156. The van der Waals surface area contributed by atoms with Crippen LogP contribution < -0.4 is 5.32 Å². The van der Waals surface area contributed by atoms with Gasteiger partial charge in [-0.15, -0.1) is 0 Å². The monoisotopic (exact) mass is 453 g/mol. The molecule has 1 unspecified atom stereocenters. The van der Waals surface area contributed by atoms with Crippen LogP contribution in [-0.2, 0) is 44.8 Å². The zero-order valence-electron chi connectivity index (χ0n) is 18.1. The van der Waals surface area contributed by atoms with E-state index in [0.717, 1.165) is 23.3 Å². The minimum Gasteiger partial charge on any atom is -0.467 e. The third-order valence-electron chi connectivity index (χ3n) is 4.40. The van der Waals surface area contributed by atoms with Crippen LogP contribution in [0.5, 0.6) is 0 Å². The molecule has 2 rings (SSSR count). The van der Waals surface area contributed by atoms with Gasteiger partial charge in [0.25, 0.3) is 0 Å². The number of methoxy groups -OCH3 is 1. The molecule has 0 heterocycles. The fourth-order valence-electron chi connectivity index (χ4n) is 2.89. The van der Waals surface area contributed by atoms with E-state index < -0.39 is 29.9 Å². The quantitative estimate of drug-likeness (QED) is 0.560. The molecule has 1 N–H and O–H groups in total. The van der Waals surface area contributed by atoms with Crippen molar-refractivity contribution >= 4 is 12.1 Å². The Bertz CT molecular complexity index is 897. The highest BCUT2D eigenvalue weighted by Gasteiger charge is 2.30. The van der Waals surface area contributed by atoms with Crippen molar-refractivity contribution in [3.8, 4) is 0 Å². The summed E-state index contributed by atoms with van der Waals surface area (Å²) in [4.78, 5) is 23.9. The van der Waals surface area contributed by atoms with Crippen molar-refractivity contribution < 1.29 is 37.0 Å². The van der Waals surface area contributed by atoms with Crippen LogP contribution in [0.15, 0.2) is 48.5 Å². The summed E-state index contributed by atoms with van der Waals surface area (Å²) in [6.07, 6.45) is -5.69. The van der Waals surface area contributed by atoms with Gasteiger partial charge in [-0.2, -0.15) is 13.2 Å². The molecule has 9 heteroatoms. The average Bonchev–Trinajstić information content (AvgIpc) is 2.75. The maximum Gasteiger partial charge on any atom is 0.416 e. The number of hydrogen-bond donors (Lipinski definition) is 1. The number of amides is 1. The number of nitrogens with one attached hydrogen (secondary N) is 1. The molecule has 0 aliphatic heterocycles. The number of halogens is 3. The standard InChI is InChI=1S/C23H26F3NO5/c1-15(2)32-20(21(28)30-3)12-17-5-4-6-18(11-17)13-27-22(29)31-14-16-7-9-19(10-8-16)23(24,25)26/h4-11,15,20H,12-14H2,1-3H3,(H,27,29). The van der Waals surface area contributed by atoms with Crippen molar-refractivity contribution in [3.63, 3.8) is 0 Å². The lowest BCUT2D eigenvalue weighted by Gasteiger charge is -2.18. The molecule has 0 bridgehead atoms. The predicted octanol–water partition coefficient (Wildman–Crippen LogP) is 4.64. The number of carbonyl (C=O) groups excluding carboxylic acids is 2. The largest absolute Gasteiger partial charge is 0.467 e. The van der Waals surface area contributed by atoms with Gasteiger partial charge in [-0.1, -0.05) is 36.4 Å². The van der Waals surface area contributed by atoms with Crippen molar-refractivity contribution in [3.05, 3.63) is 70.8 Å². The molecule has 6 nitrogen and oxygen atoms in total. The smallest absolute Gasteiger partial charge is 0.416 e. The van der Waals surface area contributed by atoms with E-state index in [0.29, 0.717) is 12.0 Å². The van der Waals surface area contributed by atoms with Crippen LogP contribution in [0, 0.1) is 0 Å². The molecule has 0 aliphatic rings. The zero-order chi connectivity index (χ0) is 23.7. The van der Waals surface area contributed by atoms with Gasteiger partial charge < -0.3 is 19.5 Å². The van der Waals surface area contributed by atoms with Crippen molar-refractivity contribution in [2.24, 2.45) is 0 Å². The fourth-order valence-corrected chi connectivity index (χ4v) is 2.89. The first kappa shape index (κ1) is 25.2. The lowest BCUT2D eigenvalue weighted by atomic mass is 10.0. The van der Waals surface area contributed by atoms with Crippen LogP contribution in [0.2, 0.25) is 0 Å². The van der Waals surface area contributed by atoms with Gasteiger partial charge in [0.1, 0.15) is 6.61 Å². The Morgan fingerprint density at radius 2 is 1.66 bits per heavy atom. The van der Waals surface area contributed by atoms with E-state index in [1.165, 1.54) is 19.2 Å². The van der Waals surface area contributed by atoms with E-state index in [2.05, 4.69) is 5.32 Å². The molecule has 2 aromatic rings. The van der Waals surface area contributed by atoms with Crippen LogP contribution in [0.1, 0.15) is 36.1 Å². The molecule has 32 heavy (non-hydrogen) atoms. The summed E-state index contributed by atoms with van der Waals surface area (Å²) in [6, 6.07) is 11.7. The summed E-state index contributed by atoms with van der Waals surface area (Å²) in [5, 5.41) is 2.59. The van der Waals surface area contributed by atoms with Crippen molar-refractivity contribution in [1.29, 1.82) is 0 Å². The summed E-state index contributed by atoms with van der Waals surface area (Å²) < 4.78 is 53.2. The highest BCUT2D eigenvalue weighted by Crippen LogP contribution is 2.29. The van der Waals surface area contributed by atoms with E-state index in [9.17, 15) is 22.8 Å². The van der Waals surface area contributed by atoms with Gasteiger partial charge in [0.15, 0.2) is 6.10 Å². The second-order valence-electron chi connectivity index (χ2n) is 7.35. The fraction of sp³-hybridized carbons (Fsp3) is 0.391. The highest BCUT2D eigenvalue weighted by atomic mass is 19.4. The summed E-state index contributed by atoms with van der Waals surface area (Å²) in [7, 11) is 1.30. The van der Waals surface area contributed by atoms with Crippen molar-refractivity contribution in [1.82, 2.24) is 5.32 Å². The van der Waals surface area contributed by atoms with E-state index >= 15 is 0 Å². The molecule has 0 fully saturated rings. The Hall–Kier alpha value is -3.07. The van der Waals surface area contributed by atoms with Gasteiger partial charge in [0, 0.05) is 13.0 Å². The van der Waals surface area contributed by atoms with Gasteiger partial charge in [-0.25, -0.2) is 9.59 Å². The topological polar surface area (TPSA) is 73.9 Å². The normalized spacial score (nSPS) is 12.3. The minimum absolute atomic E-state index is 0.150. The van der Waals surface area contributed by atoms with E-state index in [1.807, 2.05) is 26.0 Å². The Morgan fingerprint density at radius 3 is 2.25 bits per heavy atom. The number of esters is 1. The Balaban J connectivity index is 1.87. The number of ether oxygens (including phenoxy) is 3. The number of alkyl halides is 3. The van der Waals surface area contributed by atoms with Gasteiger partial charge in [-0.05, 0) is 42.7 Å². The SMILES string of the molecule is COC(=O)C(Cc1cccc(CNC(=O)OCc2ccc(C(F)(F)F)cc2)c1)OC(C)C. The second kappa shape index (κ2) is 11.5. The number of rotatable bonds is 9. The third kappa shape index (κ3) is 8.22. The molecule has 0 spiro atoms. The van der Waals surface area contributed by atoms with Crippen LogP contribution >= 0.6 is 0 Å². The molecular weight excluding hydrogens is 427 g/mol. The van der Waals surface area contributed by atoms with Gasteiger partial charge in [-0.3, -0.25) is 0 Å². The Kier molecular flexibility index (Phi) is 9.07. The van der Waals surface area contributed by atoms with Crippen LogP contribution in [0.25, 0.3) is 0 Å². The summed E-state index contributed by atoms with van der Waals surface area (Å²) in [5.74, 6) is -0.464. The maximum absolute atomic E-state index is 12.6. The molecular formula is C23H26F3NO5. The summed E-state index contributed by atoms with van der Waals surface area (Å²) in [6.45, 7) is 3.67. The predicted molar refractivity (Wildman–Crippen MR) is 111 cm³/mol. The first-order chi connectivity index (χ1) is 15.1. The van der Waals surface area contributed by atoms with Crippen LogP contribution in [0.4, 0.5) is 18.0 Å². The first-order valence-corrected chi connectivity index (χ1v) is 9.96. The minimum atomic E-state index is -4.41. The molecule has 1 atom stereocenters. The molecule has 0 aliphatic carbocycles. The summed E-state index contributed by atoms with van der Waals surface area (Å²) in [5.41, 5.74) is 1.29. The Morgan fingerprint density at radius 1 is 1.00 bits per heavy atom. The molecule has 0 saturated carbocycles. The third-order valence-corrected chi connectivity index (χ3v) is 4.40. The number of carbonyl (C=O) groups is 2. The van der Waals surface area contributed by atoms with Crippen LogP contribution in [-0.4, -0.2) is 31.4 Å². The van der Waals surface area contributed by atoms with E-state index in [-0.39, 0.29) is 19.3 Å². The molecule has 0 radical (unpaired) electrons. The van der Waals surface area contributed by atoms with E-state index in [1.54, 1.807) is 12.1 Å². The zero-order valence-corrected chi connectivity index (χ0v) is 18.1. The van der Waals surface area contributed by atoms with Crippen molar-refractivity contribution in [2.45, 2.75) is 51.8 Å². The van der Waals surface area contributed by atoms with Gasteiger partial charge >= 0.3 is 18.2 Å².